The van der Waals surface area contributed by atoms with Crippen LogP contribution in [0.5, 0.6) is 0 Å². The zero-order chi connectivity index (χ0) is 15.1. The number of nitrogens with one attached hydrogen (secondary N) is 1. The third-order valence-corrected chi connectivity index (χ3v) is 4.94. The highest BCUT2D eigenvalue weighted by Crippen LogP contribution is 2.41. The Bertz CT molecular complexity index is 721. The molecule has 2 aromatic rings. The summed E-state index contributed by atoms with van der Waals surface area (Å²) in [5, 5.41) is 3.02. The molecule has 0 bridgehead atoms. The number of carbonyl (C=O) groups excluding carboxylic acids is 1. The Morgan fingerprint density at radius 2 is 1.79 bits per heavy atom. The van der Waals surface area contributed by atoms with E-state index >= 15 is 0 Å². The first kappa shape index (κ1) is 18.8. The van der Waals surface area contributed by atoms with Gasteiger partial charge in [0.2, 0.25) is 5.91 Å². The summed E-state index contributed by atoms with van der Waals surface area (Å²) in [5.74, 6) is 0.492. The van der Waals surface area contributed by atoms with Crippen LogP contribution in [0.4, 0.5) is 0 Å². The van der Waals surface area contributed by atoms with Gasteiger partial charge in [-0.05, 0) is 29.2 Å². The van der Waals surface area contributed by atoms with E-state index in [4.69, 9.17) is 0 Å². The maximum Gasteiger partial charge on any atom is 0.242 e. The van der Waals surface area contributed by atoms with Crippen molar-refractivity contribution in [3.8, 4) is 0 Å². The first-order valence-electron chi connectivity index (χ1n) is 7.92. The van der Waals surface area contributed by atoms with Crippen molar-refractivity contribution in [2.75, 3.05) is 19.6 Å². The number of benzene rings is 2. The van der Waals surface area contributed by atoms with Gasteiger partial charge in [-0.15, -0.1) is 24.8 Å². The molecule has 3 nitrogen and oxygen atoms in total. The van der Waals surface area contributed by atoms with Crippen molar-refractivity contribution >= 4 is 30.7 Å². The Labute approximate surface area is 155 Å². The molecule has 0 unspecified atom stereocenters. The van der Waals surface area contributed by atoms with Crippen molar-refractivity contribution in [1.82, 2.24) is 10.2 Å². The predicted octanol–water partition coefficient (Wildman–Crippen LogP) is 3.46. The number of rotatable bonds is 1. The minimum Gasteiger partial charge on any atom is -0.353 e. The number of halogens is 2. The van der Waals surface area contributed by atoms with Gasteiger partial charge in [0, 0.05) is 25.6 Å². The molecule has 24 heavy (non-hydrogen) atoms. The highest BCUT2D eigenvalue weighted by atomic mass is 35.5. The Morgan fingerprint density at radius 3 is 2.54 bits per heavy atom. The Morgan fingerprint density at radius 1 is 1.04 bits per heavy atom. The standard InChI is InChI=1S/C19H20N2O.2ClH/c1-13-6-5-9-15-16(14-7-3-2-4-8-14)12-21-11-10-20-19(22)18(21)17(13)15;;/h2-9,16,18H,10-12H2,1H3,(H,20,22);2*1H/t16-,18+;;/m0../s1. The minimum absolute atomic E-state index is 0. The largest absolute Gasteiger partial charge is 0.353 e. The second-order valence-electron chi connectivity index (χ2n) is 6.23. The molecule has 2 aliphatic heterocycles. The van der Waals surface area contributed by atoms with E-state index in [2.05, 4.69) is 65.7 Å². The Balaban J connectivity index is 0.00000104. The Hall–Kier alpha value is -1.55. The van der Waals surface area contributed by atoms with Crippen LogP contribution < -0.4 is 5.32 Å². The lowest BCUT2D eigenvalue weighted by Crippen LogP contribution is -2.53. The van der Waals surface area contributed by atoms with Crippen LogP contribution in [0.3, 0.4) is 0 Å². The average molecular weight is 365 g/mol. The van der Waals surface area contributed by atoms with Gasteiger partial charge in [-0.3, -0.25) is 9.69 Å². The van der Waals surface area contributed by atoms with Crippen LogP contribution in [0.2, 0.25) is 0 Å². The maximum absolute atomic E-state index is 12.4. The second kappa shape index (κ2) is 7.56. The molecular formula is C19H22Cl2N2O. The topological polar surface area (TPSA) is 32.3 Å². The molecule has 0 radical (unpaired) electrons. The number of fused-ring (bicyclic) bond motifs is 3. The monoisotopic (exact) mass is 364 g/mol. The van der Waals surface area contributed by atoms with E-state index < -0.39 is 0 Å². The smallest absolute Gasteiger partial charge is 0.242 e. The van der Waals surface area contributed by atoms with Crippen LogP contribution in [0.1, 0.15) is 34.2 Å². The van der Waals surface area contributed by atoms with Gasteiger partial charge in [0.15, 0.2) is 0 Å². The van der Waals surface area contributed by atoms with E-state index in [0.717, 1.165) is 19.6 Å². The van der Waals surface area contributed by atoms with Crippen molar-refractivity contribution < 1.29 is 4.79 Å². The maximum atomic E-state index is 12.4. The third kappa shape index (κ3) is 3.04. The van der Waals surface area contributed by atoms with Gasteiger partial charge in [-0.25, -0.2) is 0 Å². The summed E-state index contributed by atoms with van der Waals surface area (Å²) in [6.07, 6.45) is 0. The second-order valence-corrected chi connectivity index (χ2v) is 6.23. The zero-order valence-electron chi connectivity index (χ0n) is 13.6. The van der Waals surface area contributed by atoms with Crippen LogP contribution in [-0.4, -0.2) is 30.4 Å². The van der Waals surface area contributed by atoms with Crippen LogP contribution in [0.15, 0.2) is 48.5 Å². The molecule has 1 N–H and O–H groups in total. The SMILES string of the molecule is Cc1cccc2c1[C@@H]1C(=O)NCCN1C[C@H]2c1ccccc1.Cl.Cl. The lowest BCUT2D eigenvalue weighted by molar-refractivity contribution is -0.129. The zero-order valence-corrected chi connectivity index (χ0v) is 15.2. The van der Waals surface area contributed by atoms with Gasteiger partial charge in [-0.2, -0.15) is 0 Å². The molecule has 4 rings (SSSR count). The van der Waals surface area contributed by atoms with Crippen molar-refractivity contribution in [2.45, 2.75) is 18.9 Å². The number of amides is 1. The molecule has 128 valence electrons. The molecule has 2 aromatic carbocycles. The lowest BCUT2D eigenvalue weighted by atomic mass is 9.79. The molecule has 0 aliphatic carbocycles. The number of nitrogens with zero attached hydrogens (tertiary/aromatic N) is 1. The van der Waals surface area contributed by atoms with Gasteiger partial charge in [-0.1, -0.05) is 48.5 Å². The van der Waals surface area contributed by atoms with E-state index in [9.17, 15) is 4.79 Å². The van der Waals surface area contributed by atoms with E-state index in [1.165, 1.54) is 22.3 Å². The number of hydrogen-bond acceptors (Lipinski definition) is 2. The molecule has 2 atom stereocenters. The van der Waals surface area contributed by atoms with Gasteiger partial charge in [0.05, 0.1) is 0 Å². The summed E-state index contributed by atoms with van der Waals surface area (Å²) >= 11 is 0. The van der Waals surface area contributed by atoms with E-state index in [1.54, 1.807) is 0 Å². The molecule has 1 amide bonds. The molecule has 2 aliphatic rings. The number of aryl methyl sites for hydroxylation is 1. The molecule has 0 aromatic heterocycles. The number of carbonyl (C=O) groups is 1. The number of piperazine rings is 1. The quantitative estimate of drug-likeness (QED) is 0.840. The van der Waals surface area contributed by atoms with Crippen LogP contribution in [0.25, 0.3) is 0 Å². The normalized spacial score (nSPS) is 22.3. The predicted molar refractivity (Wildman–Crippen MR) is 101 cm³/mol. The summed E-state index contributed by atoms with van der Waals surface area (Å²) in [5.41, 5.74) is 5.06. The Kier molecular flexibility index (Phi) is 5.92. The minimum atomic E-state index is -0.120. The van der Waals surface area contributed by atoms with E-state index in [-0.39, 0.29) is 36.8 Å². The van der Waals surface area contributed by atoms with Crippen molar-refractivity contribution in [2.24, 2.45) is 0 Å². The summed E-state index contributed by atoms with van der Waals surface area (Å²) in [7, 11) is 0. The van der Waals surface area contributed by atoms with Gasteiger partial charge in [0.1, 0.15) is 6.04 Å². The van der Waals surface area contributed by atoms with Crippen LogP contribution in [0, 0.1) is 6.92 Å². The average Bonchev–Trinajstić information content (AvgIpc) is 2.55. The van der Waals surface area contributed by atoms with Gasteiger partial charge >= 0.3 is 0 Å². The summed E-state index contributed by atoms with van der Waals surface area (Å²) in [6, 6.07) is 16.9. The summed E-state index contributed by atoms with van der Waals surface area (Å²) in [6.45, 7) is 4.70. The van der Waals surface area contributed by atoms with Crippen LogP contribution in [-0.2, 0) is 4.79 Å². The van der Waals surface area contributed by atoms with Crippen molar-refractivity contribution in [1.29, 1.82) is 0 Å². The molecule has 5 heteroatoms. The van der Waals surface area contributed by atoms with Gasteiger partial charge in [0.25, 0.3) is 0 Å². The summed E-state index contributed by atoms with van der Waals surface area (Å²) in [4.78, 5) is 14.8. The molecule has 1 fully saturated rings. The first-order valence-corrected chi connectivity index (χ1v) is 7.92. The molecule has 0 spiro atoms. The van der Waals surface area contributed by atoms with Crippen LogP contribution >= 0.6 is 24.8 Å². The van der Waals surface area contributed by atoms with E-state index in [1.807, 2.05) is 0 Å². The lowest BCUT2D eigenvalue weighted by Gasteiger charge is -2.43. The summed E-state index contributed by atoms with van der Waals surface area (Å²) < 4.78 is 0. The fourth-order valence-electron chi connectivity index (χ4n) is 3.91. The van der Waals surface area contributed by atoms with Crippen molar-refractivity contribution in [3.63, 3.8) is 0 Å². The number of hydrogen-bond donors (Lipinski definition) is 1. The molecule has 0 saturated carbocycles. The van der Waals surface area contributed by atoms with Crippen molar-refractivity contribution in [3.05, 3.63) is 70.8 Å². The fraction of sp³-hybridized carbons (Fsp3) is 0.316. The van der Waals surface area contributed by atoms with Gasteiger partial charge < -0.3 is 5.32 Å². The highest BCUT2D eigenvalue weighted by Gasteiger charge is 2.40. The molecule has 1 saturated heterocycles. The highest BCUT2D eigenvalue weighted by molar-refractivity contribution is 5.86. The molecular weight excluding hydrogens is 343 g/mol. The molecule has 2 heterocycles. The fourth-order valence-corrected chi connectivity index (χ4v) is 3.91. The third-order valence-electron chi connectivity index (χ3n) is 4.94. The first-order chi connectivity index (χ1) is 10.8. The van der Waals surface area contributed by atoms with E-state index in [0.29, 0.717) is 5.92 Å².